The summed E-state index contributed by atoms with van der Waals surface area (Å²) in [5.41, 5.74) is 0.0539. The molecule has 0 saturated heterocycles. The van der Waals surface area contributed by atoms with Gasteiger partial charge in [-0.2, -0.15) is 13.2 Å². The van der Waals surface area contributed by atoms with Crippen LogP contribution in [0.1, 0.15) is 23.1 Å². The Kier molecular flexibility index (Phi) is 5.14. The fourth-order valence-electron chi connectivity index (χ4n) is 1.95. The van der Waals surface area contributed by atoms with Crippen LogP contribution in [0.5, 0.6) is 0 Å². The van der Waals surface area contributed by atoms with Gasteiger partial charge < -0.3 is 4.74 Å². The van der Waals surface area contributed by atoms with Gasteiger partial charge in [0.1, 0.15) is 6.61 Å². The summed E-state index contributed by atoms with van der Waals surface area (Å²) in [4.78, 5) is 15.3. The van der Waals surface area contributed by atoms with Crippen LogP contribution in [0.25, 0.3) is 0 Å². The summed E-state index contributed by atoms with van der Waals surface area (Å²) < 4.78 is 43.4. The third-order valence-electron chi connectivity index (χ3n) is 3.05. The maximum atomic E-state index is 12.8. The second-order valence-corrected chi connectivity index (χ2v) is 4.68. The lowest BCUT2D eigenvalue weighted by molar-refractivity contribution is -0.145. The fourth-order valence-corrected chi connectivity index (χ4v) is 1.95. The smallest absolute Gasteiger partial charge is 0.416 e. The number of alkyl halides is 3. The lowest BCUT2D eigenvalue weighted by atomic mass is 10.1. The van der Waals surface area contributed by atoms with Crippen molar-refractivity contribution < 1.29 is 22.7 Å². The molecule has 3 nitrogen and oxygen atoms in total. The zero-order valence-electron chi connectivity index (χ0n) is 11.6. The molecule has 0 radical (unpaired) electrons. The van der Waals surface area contributed by atoms with Crippen molar-refractivity contribution >= 4 is 5.97 Å². The predicted octanol–water partition coefficient (Wildman–Crippen LogP) is 3.78. The minimum absolute atomic E-state index is 0.00772. The van der Waals surface area contributed by atoms with E-state index < -0.39 is 17.7 Å². The Labute approximate surface area is 125 Å². The summed E-state index contributed by atoms with van der Waals surface area (Å²) >= 11 is 0. The lowest BCUT2D eigenvalue weighted by Crippen LogP contribution is -2.12. The molecule has 6 heteroatoms. The summed E-state index contributed by atoms with van der Waals surface area (Å²) in [6.07, 6.45) is -2.42. The van der Waals surface area contributed by atoms with Crippen molar-refractivity contribution in [3.05, 3.63) is 65.5 Å². The zero-order chi connectivity index (χ0) is 16.0. The van der Waals surface area contributed by atoms with E-state index in [1.165, 1.54) is 0 Å². The molecule has 22 heavy (non-hydrogen) atoms. The summed E-state index contributed by atoms with van der Waals surface area (Å²) in [5.74, 6) is -0.541. The van der Waals surface area contributed by atoms with Crippen LogP contribution in [-0.4, -0.2) is 11.0 Å². The standard InChI is InChI=1S/C16H14F3NO2/c17-16(18,19)14-8-9-20-10-13(14)6-7-15(21)22-11-12-4-2-1-3-5-12/h1-5,8-10H,6-7,11H2. The van der Waals surface area contributed by atoms with Crippen molar-refractivity contribution in [1.82, 2.24) is 4.98 Å². The number of carbonyl (C=O) groups excluding carboxylic acids is 1. The lowest BCUT2D eigenvalue weighted by Gasteiger charge is -2.11. The van der Waals surface area contributed by atoms with E-state index in [1.807, 2.05) is 18.2 Å². The summed E-state index contributed by atoms with van der Waals surface area (Å²) in [6, 6.07) is 9.98. The maximum absolute atomic E-state index is 12.8. The summed E-state index contributed by atoms with van der Waals surface area (Å²) in [5, 5.41) is 0. The molecule has 0 atom stereocenters. The van der Waals surface area contributed by atoms with Gasteiger partial charge in [0.2, 0.25) is 0 Å². The molecule has 0 saturated carbocycles. The zero-order valence-corrected chi connectivity index (χ0v) is 11.6. The Bertz CT molecular complexity index is 627. The maximum Gasteiger partial charge on any atom is 0.416 e. The SMILES string of the molecule is O=C(CCc1cnccc1C(F)(F)F)OCc1ccccc1. The van der Waals surface area contributed by atoms with Gasteiger partial charge in [-0.3, -0.25) is 9.78 Å². The van der Waals surface area contributed by atoms with Crippen LogP contribution in [0.4, 0.5) is 13.2 Å². The summed E-state index contributed by atoms with van der Waals surface area (Å²) in [7, 11) is 0. The molecule has 0 amide bonds. The highest BCUT2D eigenvalue weighted by atomic mass is 19.4. The molecule has 1 aromatic carbocycles. The van der Waals surface area contributed by atoms with Gasteiger partial charge in [-0.25, -0.2) is 0 Å². The van der Waals surface area contributed by atoms with Crippen molar-refractivity contribution in [3.63, 3.8) is 0 Å². The van der Waals surface area contributed by atoms with Crippen molar-refractivity contribution in [2.24, 2.45) is 0 Å². The molecule has 2 aromatic rings. The Morgan fingerprint density at radius 3 is 2.55 bits per heavy atom. The number of rotatable bonds is 5. The van der Waals surface area contributed by atoms with E-state index in [-0.39, 0.29) is 25.0 Å². The van der Waals surface area contributed by atoms with Gasteiger partial charge in [0.25, 0.3) is 0 Å². The van der Waals surface area contributed by atoms with E-state index in [0.29, 0.717) is 0 Å². The second kappa shape index (κ2) is 7.06. The number of ether oxygens (including phenoxy) is 1. The highest BCUT2D eigenvalue weighted by Gasteiger charge is 2.33. The van der Waals surface area contributed by atoms with Gasteiger partial charge in [-0.15, -0.1) is 0 Å². The first kappa shape index (κ1) is 16.0. The number of aryl methyl sites for hydroxylation is 1. The topological polar surface area (TPSA) is 39.2 Å². The van der Waals surface area contributed by atoms with E-state index in [9.17, 15) is 18.0 Å². The molecular weight excluding hydrogens is 295 g/mol. The third kappa shape index (κ3) is 4.58. The van der Waals surface area contributed by atoms with Crippen LogP contribution < -0.4 is 0 Å². The minimum atomic E-state index is -4.45. The number of esters is 1. The van der Waals surface area contributed by atoms with Crippen LogP contribution in [0.15, 0.2) is 48.8 Å². The number of hydrogen-bond acceptors (Lipinski definition) is 3. The van der Waals surface area contributed by atoms with Gasteiger partial charge in [-0.05, 0) is 23.6 Å². The van der Waals surface area contributed by atoms with Gasteiger partial charge in [0.05, 0.1) is 5.56 Å². The van der Waals surface area contributed by atoms with Gasteiger partial charge in [0.15, 0.2) is 0 Å². The first-order valence-corrected chi connectivity index (χ1v) is 6.66. The van der Waals surface area contributed by atoms with Crippen molar-refractivity contribution in [1.29, 1.82) is 0 Å². The minimum Gasteiger partial charge on any atom is -0.461 e. The molecule has 0 fully saturated rings. The number of pyridine rings is 1. The molecule has 0 bridgehead atoms. The average molecular weight is 309 g/mol. The quantitative estimate of drug-likeness (QED) is 0.789. The van der Waals surface area contributed by atoms with E-state index >= 15 is 0 Å². The Morgan fingerprint density at radius 1 is 1.14 bits per heavy atom. The van der Waals surface area contributed by atoms with E-state index in [1.54, 1.807) is 12.1 Å². The first-order chi connectivity index (χ1) is 10.5. The molecule has 116 valence electrons. The number of benzene rings is 1. The molecule has 0 aliphatic heterocycles. The van der Waals surface area contributed by atoms with Crippen LogP contribution in [0.3, 0.4) is 0 Å². The van der Waals surface area contributed by atoms with Gasteiger partial charge in [0, 0.05) is 18.8 Å². The molecule has 0 aliphatic rings. The molecular formula is C16H14F3NO2. The number of hydrogen-bond donors (Lipinski definition) is 0. The highest BCUT2D eigenvalue weighted by Crippen LogP contribution is 2.31. The molecule has 0 spiro atoms. The van der Waals surface area contributed by atoms with E-state index in [2.05, 4.69) is 4.98 Å². The number of aromatic nitrogens is 1. The van der Waals surface area contributed by atoms with Crippen LogP contribution >= 0.6 is 0 Å². The van der Waals surface area contributed by atoms with Crippen molar-refractivity contribution in [2.45, 2.75) is 25.6 Å². The van der Waals surface area contributed by atoms with Crippen LogP contribution in [0, 0.1) is 0 Å². The first-order valence-electron chi connectivity index (χ1n) is 6.66. The number of halogens is 3. The van der Waals surface area contributed by atoms with E-state index in [4.69, 9.17) is 4.74 Å². The fraction of sp³-hybridized carbons (Fsp3) is 0.250. The Hall–Kier alpha value is -2.37. The third-order valence-corrected chi connectivity index (χ3v) is 3.05. The number of nitrogens with zero attached hydrogens (tertiary/aromatic N) is 1. The summed E-state index contributed by atoms with van der Waals surface area (Å²) in [6.45, 7) is 0.110. The van der Waals surface area contributed by atoms with Gasteiger partial charge >= 0.3 is 12.1 Å². The predicted molar refractivity (Wildman–Crippen MR) is 73.8 cm³/mol. The van der Waals surface area contributed by atoms with Crippen LogP contribution in [-0.2, 0) is 28.7 Å². The normalized spacial score (nSPS) is 11.2. The van der Waals surface area contributed by atoms with Crippen molar-refractivity contribution in [2.75, 3.05) is 0 Å². The van der Waals surface area contributed by atoms with E-state index in [0.717, 1.165) is 24.0 Å². The molecule has 0 aliphatic carbocycles. The second-order valence-electron chi connectivity index (χ2n) is 4.68. The molecule has 1 aromatic heterocycles. The number of carbonyl (C=O) groups is 1. The molecule has 2 rings (SSSR count). The largest absolute Gasteiger partial charge is 0.461 e. The monoisotopic (exact) mass is 309 g/mol. The Balaban J connectivity index is 1.89. The molecule has 0 N–H and O–H groups in total. The van der Waals surface area contributed by atoms with Crippen molar-refractivity contribution in [3.8, 4) is 0 Å². The molecule has 1 heterocycles. The van der Waals surface area contributed by atoms with Gasteiger partial charge in [-0.1, -0.05) is 30.3 Å². The Morgan fingerprint density at radius 2 is 1.86 bits per heavy atom. The molecule has 0 unspecified atom stereocenters. The average Bonchev–Trinajstić information content (AvgIpc) is 2.51. The van der Waals surface area contributed by atoms with Crippen LogP contribution in [0.2, 0.25) is 0 Å². The highest BCUT2D eigenvalue weighted by molar-refractivity contribution is 5.69.